The fourth-order valence-corrected chi connectivity index (χ4v) is 2.64. The highest BCUT2D eigenvalue weighted by molar-refractivity contribution is 7.98. The molecule has 0 aliphatic heterocycles. The molecule has 25 heavy (non-hydrogen) atoms. The number of nitrogens with zero attached hydrogens (tertiary/aromatic N) is 1. The lowest BCUT2D eigenvalue weighted by Crippen LogP contribution is -2.30. The summed E-state index contributed by atoms with van der Waals surface area (Å²) in [6.07, 6.45) is 2.53. The Kier molecular flexibility index (Phi) is 6.03. The minimum atomic E-state index is -0.971. The number of ether oxygens (including phenoxy) is 1. The first-order valence-corrected chi connectivity index (χ1v) is 8.87. The molecule has 1 aromatic carbocycles. The van der Waals surface area contributed by atoms with Gasteiger partial charge in [-0.3, -0.25) is 9.59 Å². The van der Waals surface area contributed by atoms with E-state index in [1.807, 2.05) is 24.5 Å². The number of thioether (sulfide) groups is 1. The molecule has 0 fully saturated rings. The molecular formula is C18H20N2O4S. The predicted molar refractivity (Wildman–Crippen MR) is 97.1 cm³/mol. The lowest BCUT2D eigenvalue weighted by atomic mass is 10.2. The number of esters is 1. The third-order valence-electron chi connectivity index (χ3n) is 3.61. The van der Waals surface area contributed by atoms with Gasteiger partial charge in [0.15, 0.2) is 11.9 Å². The van der Waals surface area contributed by atoms with Gasteiger partial charge in [-0.2, -0.15) is 0 Å². The zero-order valence-electron chi connectivity index (χ0n) is 14.5. The monoisotopic (exact) mass is 360 g/mol. The lowest BCUT2D eigenvalue weighted by Gasteiger charge is -2.14. The van der Waals surface area contributed by atoms with E-state index in [9.17, 15) is 14.4 Å². The van der Waals surface area contributed by atoms with Crippen LogP contribution in [0, 0.1) is 0 Å². The summed E-state index contributed by atoms with van der Waals surface area (Å²) in [5.74, 6) is -1.22. The summed E-state index contributed by atoms with van der Waals surface area (Å²) in [6, 6.07) is 8.84. The van der Waals surface area contributed by atoms with E-state index in [4.69, 9.17) is 4.74 Å². The van der Waals surface area contributed by atoms with Crippen LogP contribution in [0.25, 0.3) is 0 Å². The normalized spacial score (nSPS) is 11.7. The van der Waals surface area contributed by atoms with Crippen molar-refractivity contribution in [1.82, 2.24) is 4.57 Å². The van der Waals surface area contributed by atoms with Gasteiger partial charge in [-0.1, -0.05) is 6.07 Å². The molecule has 0 radical (unpaired) electrons. The Morgan fingerprint density at radius 3 is 2.56 bits per heavy atom. The molecule has 1 unspecified atom stereocenters. The van der Waals surface area contributed by atoms with Crippen molar-refractivity contribution < 1.29 is 19.1 Å². The van der Waals surface area contributed by atoms with E-state index in [-0.39, 0.29) is 11.5 Å². The summed E-state index contributed by atoms with van der Waals surface area (Å²) in [5, 5.41) is 2.72. The number of hydrogen-bond donors (Lipinski definition) is 1. The van der Waals surface area contributed by atoms with Crippen molar-refractivity contribution in [3.05, 3.63) is 47.8 Å². The van der Waals surface area contributed by atoms with Crippen LogP contribution in [0.4, 0.5) is 5.69 Å². The topological polar surface area (TPSA) is 77.4 Å². The zero-order valence-corrected chi connectivity index (χ0v) is 15.3. The number of nitrogens with one attached hydrogen (secondary N) is 1. The summed E-state index contributed by atoms with van der Waals surface area (Å²) in [7, 11) is 1.64. The molecule has 1 amide bonds. The number of carbonyl (C=O) groups is 3. The number of amides is 1. The van der Waals surface area contributed by atoms with Gasteiger partial charge in [0.25, 0.3) is 5.91 Å². The smallest absolute Gasteiger partial charge is 0.355 e. The van der Waals surface area contributed by atoms with E-state index >= 15 is 0 Å². The number of carbonyl (C=O) groups excluding carboxylic acids is 3. The lowest BCUT2D eigenvalue weighted by molar-refractivity contribution is -0.123. The van der Waals surface area contributed by atoms with E-state index in [1.165, 1.54) is 24.5 Å². The number of aryl methyl sites for hydroxylation is 1. The van der Waals surface area contributed by atoms with E-state index < -0.39 is 18.0 Å². The number of anilines is 1. The van der Waals surface area contributed by atoms with Crippen LogP contribution < -0.4 is 5.32 Å². The third kappa shape index (κ3) is 4.73. The number of ketones is 1. The molecular weight excluding hydrogens is 340 g/mol. The van der Waals surface area contributed by atoms with E-state index in [0.29, 0.717) is 11.3 Å². The SMILES string of the molecule is CSc1cccc(NC(=O)C(C)OC(=O)c2cc(C(C)=O)cn2C)c1. The molecule has 132 valence electrons. The summed E-state index contributed by atoms with van der Waals surface area (Å²) in [4.78, 5) is 36.9. The number of hydrogen-bond acceptors (Lipinski definition) is 5. The first kappa shape index (κ1) is 18.8. The standard InChI is InChI=1S/C18H20N2O4S/c1-11(21)13-8-16(20(3)10-13)18(23)24-12(2)17(22)19-14-6-5-7-15(9-14)25-4/h5-10,12H,1-4H3,(H,19,22). The maximum Gasteiger partial charge on any atom is 0.355 e. The molecule has 0 aliphatic rings. The van der Waals surface area contributed by atoms with E-state index in [0.717, 1.165) is 4.90 Å². The number of Topliss-reactive ketones (excluding diaryl/α,β-unsaturated/α-hetero) is 1. The average molecular weight is 360 g/mol. The highest BCUT2D eigenvalue weighted by atomic mass is 32.2. The molecule has 1 heterocycles. The van der Waals surface area contributed by atoms with Gasteiger partial charge in [0.05, 0.1) is 0 Å². The van der Waals surface area contributed by atoms with Crippen molar-refractivity contribution in [1.29, 1.82) is 0 Å². The minimum absolute atomic E-state index is 0.144. The van der Waals surface area contributed by atoms with Crippen molar-refractivity contribution in [3.63, 3.8) is 0 Å². The molecule has 7 heteroatoms. The highest BCUT2D eigenvalue weighted by Crippen LogP contribution is 2.19. The van der Waals surface area contributed by atoms with Gasteiger partial charge in [0.2, 0.25) is 0 Å². The van der Waals surface area contributed by atoms with Crippen molar-refractivity contribution in [2.24, 2.45) is 7.05 Å². The van der Waals surface area contributed by atoms with Crippen LogP contribution in [0.5, 0.6) is 0 Å². The second-order valence-corrected chi connectivity index (χ2v) is 6.43. The Morgan fingerprint density at radius 2 is 1.96 bits per heavy atom. The average Bonchev–Trinajstić information content (AvgIpc) is 2.97. The van der Waals surface area contributed by atoms with Crippen LogP contribution in [0.15, 0.2) is 41.4 Å². The molecule has 1 N–H and O–H groups in total. The van der Waals surface area contributed by atoms with Crippen LogP contribution in [0.2, 0.25) is 0 Å². The number of rotatable bonds is 6. The Hall–Kier alpha value is -2.54. The van der Waals surface area contributed by atoms with Gasteiger partial charge in [0.1, 0.15) is 5.69 Å². The Balaban J connectivity index is 2.02. The second kappa shape index (κ2) is 8.02. The van der Waals surface area contributed by atoms with Crippen molar-refractivity contribution in [2.45, 2.75) is 24.8 Å². The van der Waals surface area contributed by atoms with E-state index in [1.54, 1.807) is 31.1 Å². The summed E-state index contributed by atoms with van der Waals surface area (Å²) in [6.45, 7) is 2.92. The summed E-state index contributed by atoms with van der Waals surface area (Å²) >= 11 is 1.57. The number of benzene rings is 1. The largest absolute Gasteiger partial charge is 0.448 e. The maximum atomic E-state index is 12.2. The van der Waals surface area contributed by atoms with Gasteiger partial charge < -0.3 is 14.6 Å². The van der Waals surface area contributed by atoms with Gasteiger partial charge >= 0.3 is 5.97 Å². The van der Waals surface area contributed by atoms with Crippen LogP contribution in [0.3, 0.4) is 0 Å². The highest BCUT2D eigenvalue weighted by Gasteiger charge is 2.22. The predicted octanol–water partition coefficient (Wildman–Crippen LogP) is 3.13. The molecule has 0 saturated carbocycles. The first-order valence-electron chi connectivity index (χ1n) is 7.65. The third-order valence-corrected chi connectivity index (χ3v) is 4.34. The molecule has 0 bridgehead atoms. The maximum absolute atomic E-state index is 12.2. The molecule has 6 nitrogen and oxygen atoms in total. The van der Waals surface area contributed by atoms with Crippen molar-refractivity contribution in [3.8, 4) is 0 Å². The van der Waals surface area contributed by atoms with Crippen molar-refractivity contribution in [2.75, 3.05) is 11.6 Å². The van der Waals surface area contributed by atoms with Crippen molar-refractivity contribution >= 4 is 35.1 Å². The molecule has 0 aliphatic carbocycles. The fraction of sp³-hybridized carbons (Fsp3) is 0.278. The van der Waals surface area contributed by atoms with E-state index in [2.05, 4.69) is 5.32 Å². The van der Waals surface area contributed by atoms with Crippen LogP contribution in [-0.2, 0) is 16.6 Å². The molecule has 0 spiro atoms. The fourth-order valence-electron chi connectivity index (χ4n) is 2.18. The second-order valence-electron chi connectivity index (χ2n) is 5.55. The molecule has 1 atom stereocenters. The van der Waals surface area contributed by atoms with Crippen LogP contribution >= 0.6 is 11.8 Å². The Bertz CT molecular complexity index is 813. The molecule has 1 aromatic heterocycles. The molecule has 2 rings (SSSR count). The van der Waals surface area contributed by atoms with Crippen LogP contribution in [-0.4, -0.2) is 34.6 Å². The summed E-state index contributed by atoms with van der Waals surface area (Å²) in [5.41, 5.74) is 1.27. The van der Waals surface area contributed by atoms with Gasteiger partial charge in [-0.05, 0) is 44.4 Å². The quantitative estimate of drug-likeness (QED) is 0.486. The van der Waals surface area contributed by atoms with Gasteiger partial charge in [-0.15, -0.1) is 11.8 Å². The molecule has 0 saturated heterocycles. The number of aromatic nitrogens is 1. The Labute approximate surface area is 150 Å². The minimum Gasteiger partial charge on any atom is -0.448 e. The zero-order chi connectivity index (χ0) is 18.6. The van der Waals surface area contributed by atoms with Gasteiger partial charge in [-0.25, -0.2) is 4.79 Å². The summed E-state index contributed by atoms with van der Waals surface area (Å²) < 4.78 is 6.72. The first-order chi connectivity index (χ1) is 11.8. The molecule has 2 aromatic rings. The van der Waals surface area contributed by atoms with Gasteiger partial charge in [0, 0.05) is 29.4 Å². The Morgan fingerprint density at radius 1 is 1.24 bits per heavy atom. The van der Waals surface area contributed by atoms with Crippen LogP contribution in [0.1, 0.15) is 34.7 Å².